The van der Waals surface area contributed by atoms with Crippen LogP contribution in [0.5, 0.6) is 11.5 Å². The highest BCUT2D eigenvalue weighted by molar-refractivity contribution is 5.78. The van der Waals surface area contributed by atoms with E-state index in [2.05, 4.69) is 15.5 Å². The molecule has 0 spiro atoms. The summed E-state index contributed by atoms with van der Waals surface area (Å²) < 4.78 is 16.8. The first-order valence-corrected chi connectivity index (χ1v) is 10.2. The van der Waals surface area contributed by atoms with Gasteiger partial charge in [-0.15, -0.1) is 0 Å². The standard InChI is InChI=1S/C25H23N3O4/c1-18-8-7-11-20(14-18)30-17-24-27-25(28-32-24)21-12-5-6-13-22(21)31-16-23(29)26-15-19-9-3-2-4-10-19/h2-14H,15-17H2,1H3,(H,26,29). The zero-order valence-electron chi connectivity index (χ0n) is 17.7. The van der Waals surface area contributed by atoms with Crippen LogP contribution in [-0.2, 0) is 17.9 Å². The van der Waals surface area contributed by atoms with E-state index in [1.54, 1.807) is 6.07 Å². The van der Waals surface area contributed by atoms with E-state index in [1.807, 2.05) is 79.7 Å². The Morgan fingerprint density at radius 1 is 0.969 bits per heavy atom. The lowest BCUT2D eigenvalue weighted by Crippen LogP contribution is -2.28. The lowest BCUT2D eigenvalue weighted by molar-refractivity contribution is -0.123. The lowest BCUT2D eigenvalue weighted by atomic mass is 10.2. The van der Waals surface area contributed by atoms with E-state index in [0.717, 1.165) is 16.9 Å². The van der Waals surface area contributed by atoms with Gasteiger partial charge in [0.15, 0.2) is 13.2 Å². The summed E-state index contributed by atoms with van der Waals surface area (Å²) in [6.07, 6.45) is 0. The molecule has 0 saturated heterocycles. The molecular formula is C25H23N3O4. The number of benzene rings is 3. The maximum absolute atomic E-state index is 12.2. The highest BCUT2D eigenvalue weighted by atomic mass is 16.5. The van der Waals surface area contributed by atoms with Gasteiger partial charge in [-0.3, -0.25) is 4.79 Å². The molecule has 0 aliphatic heterocycles. The van der Waals surface area contributed by atoms with E-state index < -0.39 is 0 Å². The number of ether oxygens (including phenoxy) is 2. The second-order valence-corrected chi connectivity index (χ2v) is 7.16. The first kappa shape index (κ1) is 21.1. The number of carbonyl (C=O) groups is 1. The molecule has 1 aromatic heterocycles. The largest absolute Gasteiger partial charge is 0.484 e. The monoisotopic (exact) mass is 429 g/mol. The zero-order valence-corrected chi connectivity index (χ0v) is 17.7. The van der Waals surface area contributed by atoms with E-state index in [9.17, 15) is 4.79 Å². The fourth-order valence-electron chi connectivity index (χ4n) is 3.04. The summed E-state index contributed by atoms with van der Waals surface area (Å²) in [7, 11) is 0. The molecule has 0 fully saturated rings. The summed E-state index contributed by atoms with van der Waals surface area (Å²) in [4.78, 5) is 16.6. The van der Waals surface area contributed by atoms with Gasteiger partial charge in [-0.2, -0.15) is 4.98 Å². The van der Waals surface area contributed by atoms with Crippen molar-refractivity contribution >= 4 is 5.91 Å². The van der Waals surface area contributed by atoms with Crippen molar-refractivity contribution < 1.29 is 18.8 Å². The van der Waals surface area contributed by atoms with Gasteiger partial charge in [0, 0.05) is 6.54 Å². The normalized spacial score (nSPS) is 10.5. The van der Waals surface area contributed by atoms with Crippen molar-refractivity contribution in [3.63, 3.8) is 0 Å². The molecule has 0 saturated carbocycles. The van der Waals surface area contributed by atoms with E-state index in [0.29, 0.717) is 29.6 Å². The minimum atomic E-state index is -0.219. The Bertz CT molecular complexity index is 1170. The summed E-state index contributed by atoms with van der Waals surface area (Å²) in [5.74, 6) is 1.72. The number of nitrogens with one attached hydrogen (secondary N) is 1. The number of rotatable bonds is 9. The van der Waals surface area contributed by atoms with Crippen molar-refractivity contribution in [3.05, 3.63) is 95.9 Å². The molecule has 0 bridgehead atoms. The average molecular weight is 429 g/mol. The molecule has 7 nitrogen and oxygen atoms in total. The molecule has 0 aliphatic rings. The quantitative estimate of drug-likeness (QED) is 0.426. The van der Waals surface area contributed by atoms with Gasteiger partial charge in [0.2, 0.25) is 5.82 Å². The van der Waals surface area contributed by atoms with Crippen LogP contribution in [0.2, 0.25) is 0 Å². The van der Waals surface area contributed by atoms with Crippen LogP contribution in [-0.4, -0.2) is 22.7 Å². The molecule has 1 amide bonds. The molecule has 1 N–H and O–H groups in total. The van der Waals surface area contributed by atoms with Gasteiger partial charge in [0.05, 0.1) is 5.56 Å². The zero-order chi connectivity index (χ0) is 22.2. The maximum Gasteiger partial charge on any atom is 0.264 e. The van der Waals surface area contributed by atoms with Crippen molar-refractivity contribution in [2.45, 2.75) is 20.1 Å². The Hall–Kier alpha value is -4.13. The molecule has 7 heteroatoms. The molecule has 0 atom stereocenters. The summed E-state index contributed by atoms with van der Waals surface area (Å²) >= 11 is 0. The minimum Gasteiger partial charge on any atom is -0.484 e. The number of aromatic nitrogens is 2. The van der Waals surface area contributed by atoms with E-state index in [-0.39, 0.29) is 19.1 Å². The van der Waals surface area contributed by atoms with E-state index in [4.69, 9.17) is 14.0 Å². The number of amides is 1. The third kappa shape index (κ3) is 5.72. The van der Waals surface area contributed by atoms with Gasteiger partial charge in [0.25, 0.3) is 11.8 Å². The van der Waals surface area contributed by atoms with Crippen LogP contribution < -0.4 is 14.8 Å². The van der Waals surface area contributed by atoms with Crippen LogP contribution >= 0.6 is 0 Å². The summed E-state index contributed by atoms with van der Waals surface area (Å²) in [6.45, 7) is 2.47. The molecule has 32 heavy (non-hydrogen) atoms. The van der Waals surface area contributed by atoms with E-state index in [1.165, 1.54) is 0 Å². The SMILES string of the molecule is Cc1cccc(OCc2nc(-c3ccccc3OCC(=O)NCc3ccccc3)no2)c1. The highest BCUT2D eigenvalue weighted by Gasteiger charge is 2.15. The molecule has 3 aromatic carbocycles. The van der Waals surface area contributed by atoms with Crippen LogP contribution in [0.3, 0.4) is 0 Å². The van der Waals surface area contributed by atoms with Crippen LogP contribution in [0.4, 0.5) is 0 Å². The second kappa shape index (κ2) is 10.3. The Balaban J connectivity index is 1.35. The summed E-state index contributed by atoms with van der Waals surface area (Å²) in [5, 5.41) is 6.87. The number of hydrogen-bond acceptors (Lipinski definition) is 6. The molecule has 4 aromatic rings. The fourth-order valence-corrected chi connectivity index (χ4v) is 3.04. The second-order valence-electron chi connectivity index (χ2n) is 7.16. The average Bonchev–Trinajstić information content (AvgIpc) is 3.30. The minimum absolute atomic E-state index is 0.120. The van der Waals surface area contributed by atoms with Crippen molar-refractivity contribution in [1.29, 1.82) is 0 Å². The highest BCUT2D eigenvalue weighted by Crippen LogP contribution is 2.27. The van der Waals surface area contributed by atoms with Gasteiger partial charge in [-0.25, -0.2) is 0 Å². The maximum atomic E-state index is 12.2. The Kier molecular flexibility index (Phi) is 6.77. The topological polar surface area (TPSA) is 86.5 Å². The van der Waals surface area contributed by atoms with Crippen LogP contribution in [0.1, 0.15) is 17.0 Å². The smallest absolute Gasteiger partial charge is 0.264 e. The Morgan fingerprint density at radius 2 is 1.78 bits per heavy atom. The molecule has 0 aliphatic carbocycles. The Labute approximate surface area is 186 Å². The predicted octanol–water partition coefficient (Wildman–Crippen LogP) is 4.32. The van der Waals surface area contributed by atoms with Crippen LogP contribution in [0.25, 0.3) is 11.4 Å². The van der Waals surface area contributed by atoms with Crippen molar-refractivity contribution in [3.8, 4) is 22.9 Å². The Morgan fingerprint density at radius 3 is 2.62 bits per heavy atom. The number of carbonyl (C=O) groups excluding carboxylic acids is 1. The van der Waals surface area contributed by atoms with Gasteiger partial charge in [-0.1, -0.05) is 59.8 Å². The van der Waals surface area contributed by atoms with E-state index >= 15 is 0 Å². The summed E-state index contributed by atoms with van der Waals surface area (Å²) in [6, 6.07) is 24.7. The first-order chi connectivity index (χ1) is 15.7. The molecule has 4 rings (SSSR count). The summed E-state index contributed by atoms with van der Waals surface area (Å²) in [5.41, 5.74) is 2.76. The van der Waals surface area contributed by atoms with Gasteiger partial charge in [0.1, 0.15) is 11.5 Å². The van der Waals surface area contributed by atoms with Crippen LogP contribution in [0, 0.1) is 6.92 Å². The molecule has 0 unspecified atom stereocenters. The third-order valence-corrected chi connectivity index (χ3v) is 4.64. The number of nitrogens with zero attached hydrogens (tertiary/aromatic N) is 2. The van der Waals surface area contributed by atoms with Gasteiger partial charge >= 0.3 is 0 Å². The number of hydrogen-bond donors (Lipinski definition) is 1. The lowest BCUT2D eigenvalue weighted by Gasteiger charge is -2.10. The third-order valence-electron chi connectivity index (χ3n) is 4.64. The molecular weight excluding hydrogens is 406 g/mol. The molecule has 162 valence electrons. The molecule has 1 heterocycles. The van der Waals surface area contributed by atoms with Crippen molar-refractivity contribution in [1.82, 2.24) is 15.5 Å². The fraction of sp³-hybridized carbons (Fsp3) is 0.160. The van der Waals surface area contributed by atoms with Crippen molar-refractivity contribution in [2.75, 3.05) is 6.61 Å². The predicted molar refractivity (Wildman–Crippen MR) is 119 cm³/mol. The molecule has 0 radical (unpaired) electrons. The first-order valence-electron chi connectivity index (χ1n) is 10.2. The van der Waals surface area contributed by atoms with Gasteiger partial charge < -0.3 is 19.3 Å². The van der Waals surface area contributed by atoms with Crippen LogP contribution in [0.15, 0.2) is 83.4 Å². The number of para-hydroxylation sites is 1. The van der Waals surface area contributed by atoms with Crippen molar-refractivity contribution in [2.24, 2.45) is 0 Å². The van der Waals surface area contributed by atoms with Gasteiger partial charge in [-0.05, 0) is 42.3 Å². The number of aryl methyl sites for hydroxylation is 1.